The van der Waals surface area contributed by atoms with Gasteiger partial charge < -0.3 is 15.0 Å². The summed E-state index contributed by atoms with van der Waals surface area (Å²) in [6.45, 7) is 1.82. The fourth-order valence-corrected chi connectivity index (χ4v) is 5.31. The van der Waals surface area contributed by atoms with Gasteiger partial charge >= 0.3 is 0 Å². The van der Waals surface area contributed by atoms with Crippen molar-refractivity contribution in [2.75, 3.05) is 6.61 Å². The van der Waals surface area contributed by atoms with E-state index in [2.05, 4.69) is 5.32 Å². The Hall–Kier alpha value is -2.73. The maximum Gasteiger partial charge on any atom is 0.261 e. The highest BCUT2D eigenvalue weighted by Gasteiger charge is 2.32. The van der Waals surface area contributed by atoms with Gasteiger partial charge in [0.05, 0.1) is 10.0 Å². The minimum absolute atomic E-state index is 0.111. The zero-order chi connectivity index (χ0) is 27.8. The Morgan fingerprint density at radius 1 is 0.897 bits per heavy atom. The third-order valence-corrected chi connectivity index (χ3v) is 8.21. The van der Waals surface area contributed by atoms with E-state index in [0.717, 1.165) is 42.4 Å². The number of hydrogen-bond donors (Lipinski definition) is 1. The van der Waals surface area contributed by atoms with Crippen molar-refractivity contribution in [2.45, 2.75) is 64.1 Å². The number of nitrogens with zero attached hydrogens (tertiary/aromatic N) is 1. The third kappa shape index (κ3) is 8.38. The van der Waals surface area contributed by atoms with Crippen LogP contribution < -0.4 is 10.1 Å². The lowest BCUT2D eigenvalue weighted by Crippen LogP contribution is -2.53. The van der Waals surface area contributed by atoms with Crippen LogP contribution in [-0.2, 0) is 22.6 Å². The van der Waals surface area contributed by atoms with Crippen LogP contribution in [0, 0.1) is 6.92 Å². The highest BCUT2D eigenvalue weighted by atomic mass is 35.5. The second-order valence-corrected chi connectivity index (χ2v) is 11.2. The van der Waals surface area contributed by atoms with Crippen LogP contribution in [0.25, 0.3) is 0 Å². The van der Waals surface area contributed by atoms with Crippen molar-refractivity contribution in [3.63, 3.8) is 0 Å². The van der Waals surface area contributed by atoms with Crippen LogP contribution in [0.3, 0.4) is 0 Å². The molecule has 0 bridgehead atoms. The molecule has 1 fully saturated rings. The van der Waals surface area contributed by atoms with E-state index in [1.54, 1.807) is 35.2 Å². The number of carbonyl (C=O) groups excluding carboxylic acids is 2. The number of benzene rings is 3. The van der Waals surface area contributed by atoms with Crippen molar-refractivity contribution in [3.8, 4) is 5.75 Å². The minimum atomic E-state index is -0.744. The van der Waals surface area contributed by atoms with Gasteiger partial charge in [-0.3, -0.25) is 9.59 Å². The van der Waals surface area contributed by atoms with Crippen LogP contribution in [0.15, 0.2) is 66.7 Å². The fraction of sp³-hybridized carbons (Fsp3) is 0.355. The molecule has 5 nitrogen and oxygen atoms in total. The summed E-state index contributed by atoms with van der Waals surface area (Å²) in [5, 5.41) is 4.67. The predicted molar refractivity (Wildman–Crippen MR) is 158 cm³/mol. The first-order valence-electron chi connectivity index (χ1n) is 13.3. The molecule has 1 aliphatic carbocycles. The molecule has 39 heavy (non-hydrogen) atoms. The van der Waals surface area contributed by atoms with E-state index in [9.17, 15) is 9.59 Å². The van der Waals surface area contributed by atoms with E-state index < -0.39 is 6.04 Å². The molecular weight excluding hydrogens is 555 g/mol. The number of aryl methyl sites for hydroxylation is 1. The number of hydrogen-bond acceptors (Lipinski definition) is 3. The van der Waals surface area contributed by atoms with Crippen LogP contribution in [0.2, 0.25) is 15.1 Å². The van der Waals surface area contributed by atoms with Crippen molar-refractivity contribution in [1.29, 1.82) is 0 Å². The van der Waals surface area contributed by atoms with E-state index in [1.165, 1.54) is 6.42 Å². The smallest absolute Gasteiger partial charge is 0.261 e. The Morgan fingerprint density at radius 2 is 1.62 bits per heavy atom. The number of rotatable bonds is 10. The molecule has 2 amide bonds. The average molecular weight is 588 g/mol. The first kappa shape index (κ1) is 29.3. The summed E-state index contributed by atoms with van der Waals surface area (Å²) < 4.78 is 5.87. The number of ether oxygens (including phenoxy) is 1. The molecule has 8 heteroatoms. The molecule has 1 N–H and O–H groups in total. The molecule has 1 atom stereocenters. The number of amides is 2. The zero-order valence-corrected chi connectivity index (χ0v) is 24.2. The average Bonchev–Trinajstić information content (AvgIpc) is 2.94. The summed E-state index contributed by atoms with van der Waals surface area (Å²) in [7, 11) is 0. The Balaban J connectivity index is 1.63. The largest absolute Gasteiger partial charge is 0.484 e. The fourth-order valence-electron chi connectivity index (χ4n) is 4.87. The summed E-state index contributed by atoms with van der Waals surface area (Å²) in [6.07, 6.45) is 5.63. The molecule has 3 aromatic rings. The van der Waals surface area contributed by atoms with Gasteiger partial charge in [-0.2, -0.15) is 0 Å². The van der Waals surface area contributed by atoms with Gasteiger partial charge in [-0.05, 0) is 66.8 Å². The van der Waals surface area contributed by atoms with Crippen LogP contribution in [0.5, 0.6) is 5.75 Å². The van der Waals surface area contributed by atoms with Gasteiger partial charge in [-0.1, -0.05) is 90.5 Å². The van der Waals surface area contributed by atoms with Gasteiger partial charge in [-0.15, -0.1) is 0 Å². The lowest BCUT2D eigenvalue weighted by Gasteiger charge is -2.33. The molecule has 0 saturated heterocycles. The molecule has 0 spiro atoms. The quantitative estimate of drug-likeness (QED) is 0.268. The Bertz CT molecular complexity index is 1280. The van der Waals surface area contributed by atoms with E-state index >= 15 is 0 Å². The van der Waals surface area contributed by atoms with Gasteiger partial charge in [0.25, 0.3) is 5.91 Å². The van der Waals surface area contributed by atoms with E-state index in [-0.39, 0.29) is 31.0 Å². The van der Waals surface area contributed by atoms with Gasteiger partial charge in [0.1, 0.15) is 11.8 Å². The monoisotopic (exact) mass is 586 g/mol. The third-order valence-electron chi connectivity index (χ3n) is 7.05. The van der Waals surface area contributed by atoms with Gasteiger partial charge in [0, 0.05) is 24.0 Å². The predicted octanol–water partition coefficient (Wildman–Crippen LogP) is 7.42. The van der Waals surface area contributed by atoms with Crippen molar-refractivity contribution < 1.29 is 14.3 Å². The molecule has 1 aliphatic rings. The Labute approximate surface area is 245 Å². The molecule has 0 heterocycles. The maximum atomic E-state index is 13.8. The molecule has 0 radical (unpaired) electrons. The lowest BCUT2D eigenvalue weighted by atomic mass is 9.94. The Kier molecular flexibility index (Phi) is 10.6. The summed E-state index contributed by atoms with van der Waals surface area (Å²) in [6, 6.07) is 19.6. The first-order valence-corrected chi connectivity index (χ1v) is 14.4. The summed E-state index contributed by atoms with van der Waals surface area (Å²) in [4.78, 5) is 29.2. The second kappa shape index (κ2) is 14.1. The highest BCUT2D eigenvalue weighted by molar-refractivity contribution is 6.42. The van der Waals surface area contributed by atoms with Crippen molar-refractivity contribution in [3.05, 3.63) is 98.5 Å². The van der Waals surface area contributed by atoms with Crippen molar-refractivity contribution in [2.24, 2.45) is 0 Å². The molecule has 206 valence electrons. The van der Waals surface area contributed by atoms with Crippen LogP contribution >= 0.6 is 34.8 Å². The lowest BCUT2D eigenvalue weighted by molar-refractivity contribution is -0.143. The second-order valence-electron chi connectivity index (χ2n) is 10.0. The normalized spacial score (nSPS) is 14.5. The molecular formula is C31H33Cl3N2O3. The first-order chi connectivity index (χ1) is 18.8. The summed E-state index contributed by atoms with van der Waals surface area (Å²) in [5.74, 6) is 0.0564. The maximum absolute atomic E-state index is 13.8. The van der Waals surface area contributed by atoms with Crippen molar-refractivity contribution in [1.82, 2.24) is 10.2 Å². The van der Waals surface area contributed by atoms with E-state index in [4.69, 9.17) is 39.5 Å². The summed E-state index contributed by atoms with van der Waals surface area (Å²) in [5.41, 5.74) is 2.58. The minimum Gasteiger partial charge on any atom is -0.484 e. The summed E-state index contributed by atoms with van der Waals surface area (Å²) >= 11 is 18.6. The van der Waals surface area contributed by atoms with E-state index in [1.807, 2.05) is 43.3 Å². The molecule has 0 aromatic heterocycles. The number of carbonyl (C=O) groups is 2. The molecule has 0 aliphatic heterocycles. The molecule has 3 aromatic carbocycles. The standard InChI is InChI=1S/C31H33Cl3N2O3/c1-21-16-25(13-15-26(21)32)39-20-30(37)36(19-23-12-14-27(33)28(34)17-23)29(18-22-8-4-2-5-9-22)31(38)35-24-10-6-3-7-11-24/h2,4-5,8-9,12-17,24,29H,3,6-7,10-11,18-20H2,1H3,(H,35,38)/t29-/m1/s1. The zero-order valence-electron chi connectivity index (χ0n) is 22.0. The molecule has 0 unspecified atom stereocenters. The van der Waals surface area contributed by atoms with Crippen LogP contribution in [-0.4, -0.2) is 35.4 Å². The van der Waals surface area contributed by atoms with E-state index in [0.29, 0.717) is 27.2 Å². The van der Waals surface area contributed by atoms with Gasteiger partial charge in [-0.25, -0.2) is 0 Å². The molecule has 4 rings (SSSR count). The van der Waals surface area contributed by atoms with Crippen LogP contribution in [0.1, 0.15) is 48.8 Å². The van der Waals surface area contributed by atoms with Crippen LogP contribution in [0.4, 0.5) is 0 Å². The number of halogens is 3. The topological polar surface area (TPSA) is 58.6 Å². The van der Waals surface area contributed by atoms with Gasteiger partial charge in [0.15, 0.2) is 6.61 Å². The van der Waals surface area contributed by atoms with Crippen molar-refractivity contribution >= 4 is 46.6 Å². The SMILES string of the molecule is Cc1cc(OCC(=O)N(Cc2ccc(Cl)c(Cl)c2)[C@H](Cc2ccccc2)C(=O)NC2CCCCC2)ccc1Cl. The van der Waals surface area contributed by atoms with Gasteiger partial charge in [0.2, 0.25) is 5.91 Å². The highest BCUT2D eigenvalue weighted by Crippen LogP contribution is 2.26. The Morgan fingerprint density at radius 3 is 2.31 bits per heavy atom. The molecule has 1 saturated carbocycles. The number of nitrogens with one attached hydrogen (secondary N) is 1.